The molecule has 2 aliphatic carbocycles. The molecular formula is C63H62N2. The molecule has 4 aromatic heterocycles. The second kappa shape index (κ2) is 11.7. The van der Waals surface area contributed by atoms with E-state index >= 15 is 0 Å². The van der Waals surface area contributed by atoms with Crippen molar-refractivity contribution < 1.29 is 0 Å². The standard InChI is InChI=1S/C63H62N2/c1-59(2,3)32-16-18-37-38(22-32)42-24-34(61(7,8)9)25-43-39-30-41-46-27-36(63(13,14)15)29-48-56-51(65(58(46)48)52(41)31-44(39)53(37)54(42)43)21-20-50-55(56)47-28-35(62(10,11)12)26-45-40-23-33(60(4,5)6)17-19-49(40)64(50)57(45)47/h16-31,53H,1-15H3. The Bertz CT molecular complexity index is 3930. The van der Waals surface area contributed by atoms with Crippen LogP contribution in [0.4, 0.5) is 0 Å². The Kier molecular flexibility index (Phi) is 7.14. The number of rotatable bonds is 0. The van der Waals surface area contributed by atoms with Crippen molar-refractivity contribution in [3.63, 3.8) is 0 Å². The van der Waals surface area contributed by atoms with Crippen LogP contribution in [0.15, 0.2) is 97.1 Å². The first-order valence-corrected chi connectivity index (χ1v) is 24.2. The van der Waals surface area contributed by atoms with Gasteiger partial charge < -0.3 is 8.80 Å². The van der Waals surface area contributed by atoms with Gasteiger partial charge >= 0.3 is 0 Å². The molecule has 13 rings (SSSR count). The number of aromatic nitrogens is 2. The average Bonchev–Trinajstić information content (AvgIpc) is 4.04. The molecule has 65 heavy (non-hydrogen) atoms. The van der Waals surface area contributed by atoms with Gasteiger partial charge in [-0.05, 0) is 155 Å². The topological polar surface area (TPSA) is 8.82 Å². The van der Waals surface area contributed by atoms with Gasteiger partial charge in [0.1, 0.15) is 0 Å². The molecule has 0 amide bonds. The smallest absolute Gasteiger partial charge is 0.0620 e. The van der Waals surface area contributed by atoms with Crippen LogP contribution in [0.1, 0.15) is 154 Å². The zero-order chi connectivity index (χ0) is 45.6. The van der Waals surface area contributed by atoms with Crippen LogP contribution >= 0.6 is 0 Å². The van der Waals surface area contributed by atoms with Crippen molar-refractivity contribution in [1.82, 2.24) is 8.80 Å². The molecule has 0 N–H and O–H groups in total. The zero-order valence-corrected chi connectivity index (χ0v) is 41.2. The van der Waals surface area contributed by atoms with Crippen LogP contribution in [0.5, 0.6) is 0 Å². The predicted molar refractivity (Wildman–Crippen MR) is 281 cm³/mol. The Balaban J connectivity index is 1.18. The highest BCUT2D eigenvalue weighted by atomic mass is 14.9. The maximum absolute atomic E-state index is 2.66. The van der Waals surface area contributed by atoms with Gasteiger partial charge in [0.15, 0.2) is 0 Å². The van der Waals surface area contributed by atoms with Crippen molar-refractivity contribution in [2.24, 2.45) is 0 Å². The van der Waals surface area contributed by atoms with Gasteiger partial charge in [0.2, 0.25) is 0 Å². The first-order chi connectivity index (χ1) is 30.4. The highest BCUT2D eigenvalue weighted by Crippen LogP contribution is 2.61. The molecule has 0 fully saturated rings. The molecule has 0 radical (unpaired) electrons. The molecule has 0 saturated carbocycles. The van der Waals surface area contributed by atoms with E-state index in [4.69, 9.17) is 0 Å². The molecule has 7 aromatic carbocycles. The van der Waals surface area contributed by atoms with Gasteiger partial charge in [0, 0.05) is 49.0 Å². The Hall–Kier alpha value is -5.86. The van der Waals surface area contributed by atoms with Crippen molar-refractivity contribution in [3.05, 3.63) is 142 Å². The summed E-state index contributed by atoms with van der Waals surface area (Å²) in [5.74, 6) is 0.222. The van der Waals surface area contributed by atoms with Crippen LogP contribution in [0.3, 0.4) is 0 Å². The van der Waals surface area contributed by atoms with Crippen molar-refractivity contribution >= 4 is 76.2 Å². The van der Waals surface area contributed by atoms with Gasteiger partial charge in [-0.25, -0.2) is 0 Å². The van der Waals surface area contributed by atoms with Crippen molar-refractivity contribution in [2.45, 2.75) is 137 Å². The highest BCUT2D eigenvalue weighted by molar-refractivity contribution is 6.36. The Labute approximate surface area is 383 Å². The Morgan fingerprint density at radius 2 is 0.692 bits per heavy atom. The van der Waals surface area contributed by atoms with Crippen LogP contribution in [-0.2, 0) is 27.1 Å². The summed E-state index contributed by atoms with van der Waals surface area (Å²) in [5, 5.41) is 11.0. The first-order valence-electron chi connectivity index (χ1n) is 24.2. The van der Waals surface area contributed by atoms with Gasteiger partial charge in [-0.2, -0.15) is 0 Å². The summed E-state index contributed by atoms with van der Waals surface area (Å²) in [6.45, 7) is 35.4. The zero-order valence-electron chi connectivity index (χ0n) is 41.2. The van der Waals surface area contributed by atoms with Crippen LogP contribution < -0.4 is 0 Å². The lowest BCUT2D eigenvalue weighted by Crippen LogP contribution is -2.12. The summed E-state index contributed by atoms with van der Waals surface area (Å²) < 4.78 is 5.26. The fraction of sp³-hybridized carbons (Fsp3) is 0.333. The van der Waals surface area contributed by atoms with Gasteiger partial charge in [0.05, 0.1) is 33.1 Å². The van der Waals surface area contributed by atoms with Crippen molar-refractivity contribution in [2.75, 3.05) is 0 Å². The second-order valence-electron chi connectivity index (χ2n) is 25.5. The van der Waals surface area contributed by atoms with Crippen LogP contribution in [0.25, 0.3) is 98.4 Å². The molecule has 0 saturated heterocycles. The Morgan fingerprint density at radius 1 is 0.308 bits per heavy atom. The molecule has 11 aromatic rings. The molecule has 2 heteroatoms. The number of hydrogen-bond donors (Lipinski definition) is 0. The average molecular weight is 847 g/mol. The lowest BCUT2D eigenvalue weighted by molar-refractivity contribution is 0.589. The number of hydrogen-bond acceptors (Lipinski definition) is 0. The van der Waals surface area contributed by atoms with Crippen LogP contribution in [0.2, 0.25) is 0 Å². The quantitative estimate of drug-likeness (QED) is 0.144. The maximum Gasteiger partial charge on any atom is 0.0620 e. The number of benzene rings is 7. The minimum atomic E-state index is -0.0349. The van der Waals surface area contributed by atoms with Gasteiger partial charge in [0.25, 0.3) is 0 Å². The third-order valence-corrected chi connectivity index (χ3v) is 16.1. The molecular weight excluding hydrogens is 785 g/mol. The third kappa shape index (κ3) is 5.02. The van der Waals surface area contributed by atoms with E-state index in [0.29, 0.717) is 0 Å². The summed E-state index contributed by atoms with van der Waals surface area (Å²) in [4.78, 5) is 0. The van der Waals surface area contributed by atoms with Crippen molar-refractivity contribution in [3.8, 4) is 22.3 Å². The van der Waals surface area contributed by atoms with Gasteiger partial charge in [-0.1, -0.05) is 140 Å². The summed E-state index contributed by atoms with van der Waals surface area (Å²) in [6, 6.07) is 40.0. The predicted octanol–water partition coefficient (Wildman–Crippen LogP) is 17.6. The lowest BCUT2D eigenvalue weighted by Gasteiger charge is -2.23. The summed E-state index contributed by atoms with van der Waals surface area (Å²) >= 11 is 0. The van der Waals surface area contributed by atoms with E-state index in [1.165, 1.54) is 143 Å². The molecule has 1 atom stereocenters. The number of fused-ring (bicyclic) bond motifs is 19. The number of nitrogens with zero attached hydrogens (tertiary/aromatic N) is 2. The second-order valence-corrected chi connectivity index (χ2v) is 25.5. The molecule has 4 heterocycles. The van der Waals surface area contributed by atoms with E-state index in [1.54, 1.807) is 0 Å². The van der Waals surface area contributed by atoms with Crippen molar-refractivity contribution in [1.29, 1.82) is 0 Å². The fourth-order valence-corrected chi connectivity index (χ4v) is 12.4. The summed E-state index contributed by atoms with van der Waals surface area (Å²) in [6.07, 6.45) is 0. The molecule has 0 bridgehead atoms. The molecule has 2 nitrogen and oxygen atoms in total. The molecule has 324 valence electrons. The summed E-state index contributed by atoms with van der Waals surface area (Å²) in [5.41, 5.74) is 25.1. The minimum absolute atomic E-state index is 0.0129. The van der Waals surface area contributed by atoms with Crippen LogP contribution in [0, 0.1) is 0 Å². The molecule has 2 aliphatic rings. The van der Waals surface area contributed by atoms with E-state index in [-0.39, 0.29) is 33.0 Å². The van der Waals surface area contributed by atoms with Gasteiger partial charge in [-0.15, -0.1) is 0 Å². The van der Waals surface area contributed by atoms with E-state index in [9.17, 15) is 0 Å². The highest BCUT2D eigenvalue weighted by Gasteiger charge is 2.41. The molecule has 0 aliphatic heterocycles. The Morgan fingerprint density at radius 3 is 1.22 bits per heavy atom. The maximum atomic E-state index is 2.66. The fourth-order valence-electron chi connectivity index (χ4n) is 12.4. The molecule has 0 spiro atoms. The SMILES string of the molecule is CC(C)(C)c1ccc2c(c1)-c1cc(C(C)(C)C)cc3c1C2c1cc2c(cc1-3)c1cc(C(C)(C)C)cc3c4c5c6cc(C(C)(C)C)cc7c8cc(C(C)(C)C)ccc8n(c5ccc4n2c13)c76. The first kappa shape index (κ1) is 39.5. The lowest BCUT2D eigenvalue weighted by atomic mass is 9.81. The molecule has 1 unspecified atom stereocenters. The third-order valence-electron chi connectivity index (χ3n) is 16.1. The summed E-state index contributed by atoms with van der Waals surface area (Å²) in [7, 11) is 0. The van der Waals surface area contributed by atoms with E-state index in [2.05, 4.69) is 210 Å². The monoisotopic (exact) mass is 846 g/mol. The van der Waals surface area contributed by atoms with Crippen LogP contribution in [-0.4, -0.2) is 8.80 Å². The normalized spacial score (nSPS) is 15.8. The van der Waals surface area contributed by atoms with E-state index < -0.39 is 0 Å². The van der Waals surface area contributed by atoms with Gasteiger partial charge in [-0.3, -0.25) is 0 Å². The van der Waals surface area contributed by atoms with E-state index in [1.807, 2.05) is 0 Å². The minimum Gasteiger partial charge on any atom is -0.308 e. The van der Waals surface area contributed by atoms with E-state index in [0.717, 1.165) is 0 Å². The largest absolute Gasteiger partial charge is 0.308 e.